The van der Waals surface area contributed by atoms with Crippen LogP contribution in [0.2, 0.25) is 0 Å². The van der Waals surface area contributed by atoms with Crippen molar-refractivity contribution in [3.05, 3.63) is 0 Å². The standard InChI is InChI=1S/C11H23N3O/c15-11-2-1-5-14(10-11)9-8-13-6-3-12-4-7-13/h11-12,15H,1-10H2. The van der Waals surface area contributed by atoms with E-state index in [4.69, 9.17) is 0 Å². The number of aliphatic hydroxyl groups is 1. The first-order chi connectivity index (χ1) is 7.34. The highest BCUT2D eigenvalue weighted by Crippen LogP contribution is 2.09. The molecule has 2 aliphatic rings. The first-order valence-electron chi connectivity index (χ1n) is 6.18. The normalized spacial score (nSPS) is 30.6. The summed E-state index contributed by atoms with van der Waals surface area (Å²) in [6.45, 7) is 8.94. The van der Waals surface area contributed by atoms with Crippen molar-refractivity contribution in [2.24, 2.45) is 0 Å². The molecule has 0 aromatic carbocycles. The average Bonchev–Trinajstić information content (AvgIpc) is 2.28. The summed E-state index contributed by atoms with van der Waals surface area (Å²) in [4.78, 5) is 4.91. The smallest absolute Gasteiger partial charge is 0.0667 e. The number of nitrogens with zero attached hydrogens (tertiary/aromatic N) is 2. The summed E-state index contributed by atoms with van der Waals surface area (Å²) < 4.78 is 0. The van der Waals surface area contributed by atoms with E-state index < -0.39 is 0 Å². The Balaban J connectivity index is 1.63. The molecule has 0 saturated carbocycles. The van der Waals surface area contributed by atoms with Crippen LogP contribution >= 0.6 is 0 Å². The van der Waals surface area contributed by atoms with Crippen LogP contribution in [0.15, 0.2) is 0 Å². The van der Waals surface area contributed by atoms with E-state index >= 15 is 0 Å². The third kappa shape index (κ3) is 3.72. The fourth-order valence-electron chi connectivity index (χ4n) is 2.45. The van der Waals surface area contributed by atoms with Gasteiger partial charge in [0.05, 0.1) is 6.10 Å². The molecule has 2 N–H and O–H groups in total. The molecular formula is C11H23N3O. The van der Waals surface area contributed by atoms with Crippen LogP contribution in [0, 0.1) is 0 Å². The van der Waals surface area contributed by atoms with Gasteiger partial charge in [-0.05, 0) is 19.4 Å². The predicted molar refractivity (Wildman–Crippen MR) is 61.0 cm³/mol. The topological polar surface area (TPSA) is 38.7 Å². The minimum absolute atomic E-state index is 0.0817. The van der Waals surface area contributed by atoms with Gasteiger partial charge < -0.3 is 10.4 Å². The van der Waals surface area contributed by atoms with Gasteiger partial charge in [-0.25, -0.2) is 0 Å². The van der Waals surface area contributed by atoms with E-state index in [9.17, 15) is 5.11 Å². The Kier molecular flexibility index (Phi) is 4.38. The zero-order valence-corrected chi connectivity index (χ0v) is 9.49. The zero-order valence-electron chi connectivity index (χ0n) is 9.49. The van der Waals surface area contributed by atoms with Gasteiger partial charge in [0.15, 0.2) is 0 Å². The van der Waals surface area contributed by atoms with Gasteiger partial charge in [0, 0.05) is 45.8 Å². The van der Waals surface area contributed by atoms with Gasteiger partial charge in [0.25, 0.3) is 0 Å². The summed E-state index contributed by atoms with van der Waals surface area (Å²) in [6.07, 6.45) is 2.06. The van der Waals surface area contributed by atoms with Crippen molar-refractivity contribution < 1.29 is 5.11 Å². The number of hydrogen-bond donors (Lipinski definition) is 2. The quantitative estimate of drug-likeness (QED) is 0.653. The minimum Gasteiger partial charge on any atom is -0.392 e. The van der Waals surface area contributed by atoms with Gasteiger partial charge in [-0.1, -0.05) is 0 Å². The van der Waals surface area contributed by atoms with Crippen LogP contribution in [0.5, 0.6) is 0 Å². The second-order valence-electron chi connectivity index (χ2n) is 4.69. The van der Waals surface area contributed by atoms with Crippen molar-refractivity contribution in [1.29, 1.82) is 0 Å². The summed E-state index contributed by atoms with van der Waals surface area (Å²) in [5, 5.41) is 12.9. The maximum atomic E-state index is 9.55. The van der Waals surface area contributed by atoms with E-state index in [1.54, 1.807) is 0 Å². The lowest BCUT2D eigenvalue weighted by atomic mass is 10.1. The number of hydrogen-bond acceptors (Lipinski definition) is 4. The van der Waals surface area contributed by atoms with Gasteiger partial charge in [-0.15, -0.1) is 0 Å². The number of β-amino-alcohol motifs (C(OH)–C–C–N with tert-alkyl or cyclic N) is 1. The average molecular weight is 213 g/mol. The molecule has 0 aliphatic carbocycles. The van der Waals surface area contributed by atoms with E-state index in [1.165, 1.54) is 19.6 Å². The molecule has 2 aliphatic heterocycles. The molecule has 0 radical (unpaired) electrons. The number of piperazine rings is 1. The summed E-state index contributed by atoms with van der Waals surface area (Å²) in [6, 6.07) is 0. The fraction of sp³-hybridized carbons (Fsp3) is 1.00. The van der Waals surface area contributed by atoms with Gasteiger partial charge in [-0.2, -0.15) is 0 Å². The molecule has 15 heavy (non-hydrogen) atoms. The molecule has 2 heterocycles. The van der Waals surface area contributed by atoms with Crippen LogP contribution in [0.1, 0.15) is 12.8 Å². The van der Waals surface area contributed by atoms with Crippen LogP contribution in [0.4, 0.5) is 0 Å². The molecule has 0 bridgehead atoms. The number of likely N-dealkylation sites (tertiary alicyclic amines) is 1. The van der Waals surface area contributed by atoms with Crippen LogP contribution < -0.4 is 5.32 Å². The highest BCUT2D eigenvalue weighted by atomic mass is 16.3. The second-order valence-corrected chi connectivity index (χ2v) is 4.69. The largest absolute Gasteiger partial charge is 0.392 e. The van der Waals surface area contributed by atoms with E-state index in [2.05, 4.69) is 15.1 Å². The molecule has 4 heteroatoms. The molecule has 88 valence electrons. The fourth-order valence-corrected chi connectivity index (χ4v) is 2.45. The third-order valence-corrected chi connectivity index (χ3v) is 3.42. The first kappa shape index (κ1) is 11.3. The Morgan fingerprint density at radius 3 is 2.53 bits per heavy atom. The van der Waals surface area contributed by atoms with Crippen LogP contribution in [-0.2, 0) is 0 Å². The highest BCUT2D eigenvalue weighted by Gasteiger charge is 2.18. The third-order valence-electron chi connectivity index (χ3n) is 3.42. The van der Waals surface area contributed by atoms with Crippen LogP contribution in [0.3, 0.4) is 0 Å². The number of nitrogens with one attached hydrogen (secondary N) is 1. The van der Waals surface area contributed by atoms with E-state index in [1.807, 2.05) is 0 Å². The molecule has 0 spiro atoms. The van der Waals surface area contributed by atoms with Gasteiger partial charge in [-0.3, -0.25) is 9.80 Å². The van der Waals surface area contributed by atoms with Gasteiger partial charge >= 0.3 is 0 Å². The lowest BCUT2D eigenvalue weighted by Gasteiger charge is -2.33. The molecular weight excluding hydrogens is 190 g/mol. The van der Waals surface area contributed by atoms with Crippen molar-refractivity contribution in [2.75, 3.05) is 52.4 Å². The summed E-state index contributed by atoms with van der Waals surface area (Å²) in [7, 11) is 0. The molecule has 4 nitrogen and oxygen atoms in total. The van der Waals surface area contributed by atoms with E-state index in [0.717, 1.165) is 45.6 Å². The Labute approximate surface area is 92.2 Å². The van der Waals surface area contributed by atoms with E-state index in [-0.39, 0.29) is 6.10 Å². The maximum absolute atomic E-state index is 9.55. The summed E-state index contributed by atoms with van der Waals surface area (Å²) in [5.74, 6) is 0. The Bertz CT molecular complexity index is 183. The Morgan fingerprint density at radius 1 is 1.07 bits per heavy atom. The van der Waals surface area contributed by atoms with Crippen molar-refractivity contribution in [2.45, 2.75) is 18.9 Å². The number of aliphatic hydroxyl groups excluding tert-OH is 1. The van der Waals surface area contributed by atoms with Gasteiger partial charge in [0.2, 0.25) is 0 Å². The SMILES string of the molecule is OC1CCCN(CCN2CCNCC2)C1. The number of piperidine rings is 1. The molecule has 2 saturated heterocycles. The number of rotatable bonds is 3. The van der Waals surface area contributed by atoms with Gasteiger partial charge in [0.1, 0.15) is 0 Å². The monoisotopic (exact) mass is 213 g/mol. The van der Waals surface area contributed by atoms with Crippen LogP contribution in [0.25, 0.3) is 0 Å². The second kappa shape index (κ2) is 5.80. The van der Waals surface area contributed by atoms with Crippen molar-refractivity contribution in [3.8, 4) is 0 Å². The summed E-state index contributed by atoms with van der Waals surface area (Å²) >= 11 is 0. The Hall–Kier alpha value is -0.160. The predicted octanol–water partition coefficient (Wildman–Crippen LogP) is -0.652. The molecule has 1 unspecified atom stereocenters. The molecule has 1 atom stereocenters. The zero-order chi connectivity index (χ0) is 10.5. The minimum atomic E-state index is -0.0817. The molecule has 0 aromatic rings. The van der Waals surface area contributed by atoms with Crippen molar-refractivity contribution >= 4 is 0 Å². The Morgan fingerprint density at radius 2 is 1.80 bits per heavy atom. The lowest BCUT2D eigenvalue weighted by molar-refractivity contribution is 0.0635. The molecule has 2 rings (SSSR count). The van der Waals surface area contributed by atoms with E-state index in [0.29, 0.717) is 0 Å². The highest BCUT2D eigenvalue weighted by molar-refractivity contribution is 4.74. The molecule has 2 fully saturated rings. The first-order valence-corrected chi connectivity index (χ1v) is 6.18. The molecule has 0 aromatic heterocycles. The lowest BCUT2D eigenvalue weighted by Crippen LogP contribution is -2.48. The van der Waals surface area contributed by atoms with Crippen molar-refractivity contribution in [1.82, 2.24) is 15.1 Å². The summed E-state index contributed by atoms with van der Waals surface area (Å²) in [5.41, 5.74) is 0. The van der Waals surface area contributed by atoms with Crippen LogP contribution in [-0.4, -0.2) is 73.4 Å². The maximum Gasteiger partial charge on any atom is 0.0667 e. The molecule has 0 amide bonds. The van der Waals surface area contributed by atoms with Crippen molar-refractivity contribution in [3.63, 3.8) is 0 Å².